The quantitative estimate of drug-likeness (QED) is 0.896. The second kappa shape index (κ2) is 5.11. The van der Waals surface area contributed by atoms with Crippen LogP contribution in [0.1, 0.15) is 57.0 Å². The first-order chi connectivity index (χ1) is 8.54. The van der Waals surface area contributed by atoms with Crippen LogP contribution in [0.4, 0.5) is 0 Å². The molecule has 0 bridgehead atoms. The summed E-state index contributed by atoms with van der Waals surface area (Å²) in [4.78, 5) is 4.71. The molecule has 18 heavy (non-hydrogen) atoms. The summed E-state index contributed by atoms with van der Waals surface area (Å²) < 4.78 is 2.12. The van der Waals surface area contributed by atoms with E-state index < -0.39 is 0 Å². The normalized spacial score (nSPS) is 13.4. The Morgan fingerprint density at radius 2 is 2.06 bits per heavy atom. The van der Waals surface area contributed by atoms with E-state index in [-0.39, 0.29) is 6.04 Å². The van der Waals surface area contributed by atoms with Crippen LogP contribution in [0.15, 0.2) is 18.2 Å². The van der Waals surface area contributed by atoms with Crippen molar-refractivity contribution in [3.8, 4) is 0 Å². The molecule has 1 aromatic carbocycles. The molecule has 2 aromatic rings. The van der Waals surface area contributed by atoms with Crippen molar-refractivity contribution in [3.05, 3.63) is 29.6 Å². The molecule has 2 N–H and O–H groups in total. The van der Waals surface area contributed by atoms with Crippen molar-refractivity contribution in [1.82, 2.24) is 9.55 Å². The zero-order valence-electron chi connectivity index (χ0n) is 11.8. The summed E-state index contributed by atoms with van der Waals surface area (Å²) in [6, 6.07) is 6.56. The van der Waals surface area contributed by atoms with Gasteiger partial charge in [0.2, 0.25) is 0 Å². The maximum absolute atomic E-state index is 6.18. The first kappa shape index (κ1) is 13.1. The molecule has 0 amide bonds. The Labute approximate surface area is 109 Å². The zero-order valence-corrected chi connectivity index (χ0v) is 11.8. The Balaban J connectivity index is 2.48. The molecule has 0 fully saturated rings. The van der Waals surface area contributed by atoms with E-state index in [4.69, 9.17) is 10.7 Å². The Morgan fingerprint density at radius 3 is 2.67 bits per heavy atom. The lowest BCUT2D eigenvalue weighted by Gasteiger charge is -2.09. The van der Waals surface area contributed by atoms with Gasteiger partial charge in [-0.15, -0.1) is 0 Å². The predicted octanol–water partition coefficient (Wildman–Crippen LogP) is 3.50. The summed E-state index contributed by atoms with van der Waals surface area (Å²) in [6.07, 6.45) is 2.07. The standard InChI is InChI=1S/C15H23N3/c1-5-6-12(16)15-17-13-9-11(10(2)3)7-8-14(13)18(15)4/h7-10,12H,5-6,16H2,1-4H3. The molecule has 0 aliphatic rings. The molecule has 1 aromatic heterocycles. The van der Waals surface area contributed by atoms with Crippen LogP contribution in [-0.2, 0) is 7.05 Å². The molecule has 0 saturated heterocycles. The highest BCUT2D eigenvalue weighted by atomic mass is 15.1. The molecule has 0 aliphatic heterocycles. The minimum Gasteiger partial charge on any atom is -0.330 e. The van der Waals surface area contributed by atoms with Crippen molar-refractivity contribution in [3.63, 3.8) is 0 Å². The van der Waals surface area contributed by atoms with Gasteiger partial charge in [0.25, 0.3) is 0 Å². The molecule has 3 nitrogen and oxygen atoms in total. The van der Waals surface area contributed by atoms with Gasteiger partial charge in [0.05, 0.1) is 17.1 Å². The molecule has 0 saturated carbocycles. The van der Waals surface area contributed by atoms with Crippen LogP contribution in [0.25, 0.3) is 11.0 Å². The third kappa shape index (κ3) is 2.27. The maximum Gasteiger partial charge on any atom is 0.126 e. The molecule has 1 unspecified atom stereocenters. The minimum atomic E-state index is 0.0369. The van der Waals surface area contributed by atoms with Gasteiger partial charge in [-0.3, -0.25) is 0 Å². The van der Waals surface area contributed by atoms with Gasteiger partial charge in [-0.05, 0) is 30.0 Å². The number of fused-ring (bicyclic) bond motifs is 1. The highest BCUT2D eigenvalue weighted by Gasteiger charge is 2.14. The number of hydrogen-bond donors (Lipinski definition) is 1. The van der Waals surface area contributed by atoms with Gasteiger partial charge >= 0.3 is 0 Å². The number of aryl methyl sites for hydroxylation is 1. The fourth-order valence-electron chi connectivity index (χ4n) is 2.37. The molecule has 3 heteroatoms. The largest absolute Gasteiger partial charge is 0.330 e. The van der Waals surface area contributed by atoms with Gasteiger partial charge in [-0.25, -0.2) is 4.98 Å². The second-order valence-corrected chi connectivity index (χ2v) is 5.33. The summed E-state index contributed by atoms with van der Waals surface area (Å²) >= 11 is 0. The fourth-order valence-corrected chi connectivity index (χ4v) is 2.37. The van der Waals surface area contributed by atoms with Crippen molar-refractivity contribution in [1.29, 1.82) is 0 Å². The van der Waals surface area contributed by atoms with E-state index in [1.54, 1.807) is 0 Å². The van der Waals surface area contributed by atoms with E-state index in [0.29, 0.717) is 5.92 Å². The Kier molecular flexibility index (Phi) is 3.71. The monoisotopic (exact) mass is 245 g/mol. The number of hydrogen-bond acceptors (Lipinski definition) is 2. The number of benzene rings is 1. The van der Waals surface area contributed by atoms with Gasteiger partial charge < -0.3 is 10.3 Å². The van der Waals surface area contributed by atoms with Crippen LogP contribution in [0.2, 0.25) is 0 Å². The summed E-state index contributed by atoms with van der Waals surface area (Å²) in [5.41, 5.74) is 9.74. The lowest BCUT2D eigenvalue weighted by molar-refractivity contribution is 0.584. The Bertz CT molecular complexity index is 540. The minimum absolute atomic E-state index is 0.0369. The summed E-state index contributed by atoms with van der Waals surface area (Å²) in [7, 11) is 2.05. The number of nitrogens with two attached hydrogens (primary N) is 1. The highest BCUT2D eigenvalue weighted by molar-refractivity contribution is 5.77. The average Bonchev–Trinajstić information content (AvgIpc) is 2.66. The van der Waals surface area contributed by atoms with Crippen molar-refractivity contribution >= 4 is 11.0 Å². The third-order valence-corrected chi connectivity index (χ3v) is 3.54. The average molecular weight is 245 g/mol. The number of rotatable bonds is 4. The van der Waals surface area contributed by atoms with Crippen LogP contribution in [-0.4, -0.2) is 9.55 Å². The number of nitrogens with zero attached hydrogens (tertiary/aromatic N) is 2. The van der Waals surface area contributed by atoms with Crippen LogP contribution < -0.4 is 5.73 Å². The first-order valence-corrected chi connectivity index (χ1v) is 6.76. The number of imidazole rings is 1. The Hall–Kier alpha value is -1.35. The molecule has 0 radical (unpaired) electrons. The van der Waals surface area contributed by atoms with Gasteiger partial charge in [-0.1, -0.05) is 33.3 Å². The molecule has 0 aliphatic carbocycles. The van der Waals surface area contributed by atoms with E-state index in [9.17, 15) is 0 Å². The van der Waals surface area contributed by atoms with E-state index in [0.717, 1.165) is 24.2 Å². The molecule has 98 valence electrons. The highest BCUT2D eigenvalue weighted by Crippen LogP contribution is 2.24. The molecular weight excluding hydrogens is 222 g/mol. The molecule has 0 spiro atoms. The van der Waals surface area contributed by atoms with Gasteiger partial charge in [0, 0.05) is 7.05 Å². The van der Waals surface area contributed by atoms with E-state index in [2.05, 4.69) is 50.6 Å². The third-order valence-electron chi connectivity index (χ3n) is 3.54. The lowest BCUT2D eigenvalue weighted by Crippen LogP contribution is -2.14. The maximum atomic E-state index is 6.18. The lowest BCUT2D eigenvalue weighted by atomic mass is 10.0. The predicted molar refractivity (Wildman–Crippen MR) is 76.6 cm³/mol. The smallest absolute Gasteiger partial charge is 0.126 e. The molecule has 1 atom stereocenters. The van der Waals surface area contributed by atoms with E-state index in [1.165, 1.54) is 11.1 Å². The Morgan fingerprint density at radius 1 is 1.33 bits per heavy atom. The van der Waals surface area contributed by atoms with E-state index in [1.807, 2.05) is 0 Å². The number of aromatic nitrogens is 2. The van der Waals surface area contributed by atoms with Gasteiger partial charge in [0.1, 0.15) is 5.82 Å². The van der Waals surface area contributed by atoms with Crippen LogP contribution >= 0.6 is 0 Å². The van der Waals surface area contributed by atoms with Crippen LogP contribution in [0, 0.1) is 0 Å². The summed E-state index contributed by atoms with van der Waals surface area (Å²) in [6.45, 7) is 6.56. The van der Waals surface area contributed by atoms with Crippen LogP contribution in [0.5, 0.6) is 0 Å². The van der Waals surface area contributed by atoms with Crippen molar-refractivity contribution in [2.45, 2.75) is 45.6 Å². The van der Waals surface area contributed by atoms with E-state index >= 15 is 0 Å². The molecule has 1 heterocycles. The molecular formula is C15H23N3. The topological polar surface area (TPSA) is 43.8 Å². The SMILES string of the molecule is CCCC(N)c1nc2cc(C(C)C)ccc2n1C. The van der Waals surface area contributed by atoms with Crippen molar-refractivity contribution < 1.29 is 0 Å². The zero-order chi connectivity index (χ0) is 13.3. The van der Waals surface area contributed by atoms with Gasteiger partial charge in [-0.2, -0.15) is 0 Å². The summed E-state index contributed by atoms with van der Waals surface area (Å²) in [5, 5.41) is 0. The van der Waals surface area contributed by atoms with Crippen molar-refractivity contribution in [2.75, 3.05) is 0 Å². The first-order valence-electron chi connectivity index (χ1n) is 6.76. The van der Waals surface area contributed by atoms with Gasteiger partial charge in [0.15, 0.2) is 0 Å². The second-order valence-electron chi connectivity index (χ2n) is 5.33. The fraction of sp³-hybridized carbons (Fsp3) is 0.533. The molecule has 2 rings (SSSR count). The van der Waals surface area contributed by atoms with Crippen molar-refractivity contribution in [2.24, 2.45) is 12.8 Å². The van der Waals surface area contributed by atoms with Crippen LogP contribution in [0.3, 0.4) is 0 Å². The summed E-state index contributed by atoms with van der Waals surface area (Å²) in [5.74, 6) is 1.52.